The van der Waals surface area contributed by atoms with Crippen LogP contribution in [0.3, 0.4) is 0 Å². The highest BCUT2D eigenvalue weighted by Crippen LogP contribution is 2.35. The van der Waals surface area contributed by atoms with E-state index >= 15 is 0 Å². The molecule has 3 rings (SSSR count). The van der Waals surface area contributed by atoms with Crippen LogP contribution in [0.25, 0.3) is 0 Å². The van der Waals surface area contributed by atoms with Crippen LogP contribution in [0, 0.1) is 5.82 Å². The molecule has 1 N–H and O–H groups in total. The number of carbonyl (C=O) groups is 1. The number of nitrogens with zero attached hydrogens (tertiary/aromatic N) is 3. The van der Waals surface area contributed by atoms with Crippen molar-refractivity contribution < 1.29 is 13.7 Å². The van der Waals surface area contributed by atoms with Gasteiger partial charge in [0.15, 0.2) is 5.82 Å². The van der Waals surface area contributed by atoms with E-state index in [0.717, 1.165) is 12.8 Å². The lowest BCUT2D eigenvalue weighted by Crippen LogP contribution is -2.38. The zero-order valence-corrected chi connectivity index (χ0v) is 14.5. The first-order valence-electron chi connectivity index (χ1n) is 8.56. The van der Waals surface area contributed by atoms with Crippen LogP contribution in [0.5, 0.6) is 0 Å². The lowest BCUT2D eigenvalue weighted by Gasteiger charge is -2.23. The van der Waals surface area contributed by atoms with E-state index in [1.54, 1.807) is 31.1 Å². The van der Waals surface area contributed by atoms with Crippen LogP contribution in [0.4, 0.5) is 4.39 Å². The molecular formula is C18H23FN4O2. The molecule has 1 heterocycles. The van der Waals surface area contributed by atoms with Gasteiger partial charge in [-0.15, -0.1) is 0 Å². The maximum atomic E-state index is 13.5. The summed E-state index contributed by atoms with van der Waals surface area (Å²) in [4.78, 5) is 18.7. The quantitative estimate of drug-likeness (QED) is 0.834. The highest BCUT2D eigenvalue weighted by molar-refractivity contribution is 5.83. The minimum Gasteiger partial charge on any atom is -0.354 e. The fourth-order valence-electron chi connectivity index (χ4n) is 2.94. The Hall–Kier alpha value is -2.28. The number of nitrogens with one attached hydrogen (secondary N) is 1. The zero-order valence-electron chi connectivity index (χ0n) is 14.5. The summed E-state index contributed by atoms with van der Waals surface area (Å²) < 4.78 is 18.7. The van der Waals surface area contributed by atoms with Crippen molar-refractivity contribution in [3.05, 3.63) is 47.4 Å². The minimum absolute atomic E-state index is 0.182. The van der Waals surface area contributed by atoms with E-state index in [0.29, 0.717) is 36.2 Å². The molecule has 0 spiro atoms. The Morgan fingerprint density at radius 2 is 2.24 bits per heavy atom. The lowest BCUT2D eigenvalue weighted by atomic mass is 9.85. The Kier molecular flexibility index (Phi) is 5.43. The van der Waals surface area contributed by atoms with Crippen molar-refractivity contribution in [2.75, 3.05) is 20.6 Å². The molecule has 1 aliphatic rings. The summed E-state index contributed by atoms with van der Waals surface area (Å²) in [5.41, 5.74) is 0.620. The van der Waals surface area contributed by atoms with Gasteiger partial charge in [-0.1, -0.05) is 23.7 Å². The van der Waals surface area contributed by atoms with E-state index < -0.39 is 6.04 Å². The molecule has 0 bridgehead atoms. The Bertz CT molecular complexity index is 727. The number of benzene rings is 1. The van der Waals surface area contributed by atoms with Crippen LogP contribution >= 0.6 is 0 Å². The van der Waals surface area contributed by atoms with Crippen molar-refractivity contribution in [1.29, 1.82) is 0 Å². The summed E-state index contributed by atoms with van der Waals surface area (Å²) in [7, 11) is 3.58. The second-order valence-corrected chi connectivity index (χ2v) is 6.64. The number of hydrogen-bond donors (Lipinski definition) is 1. The number of carbonyl (C=O) groups excluding carboxylic acids is 1. The van der Waals surface area contributed by atoms with Gasteiger partial charge in [-0.05, 0) is 44.6 Å². The molecule has 1 saturated carbocycles. The van der Waals surface area contributed by atoms with Crippen LogP contribution in [-0.2, 0) is 11.2 Å². The normalized spacial score (nSPS) is 15.8. The Morgan fingerprint density at radius 3 is 2.88 bits per heavy atom. The molecule has 1 fully saturated rings. The number of likely N-dealkylation sites (N-methyl/N-ethyl adjacent to an activating group) is 1. The Labute approximate surface area is 146 Å². The number of aromatic nitrogens is 2. The van der Waals surface area contributed by atoms with E-state index in [4.69, 9.17) is 4.52 Å². The summed E-state index contributed by atoms with van der Waals surface area (Å²) in [6.07, 6.45) is 3.93. The number of halogens is 1. The molecular weight excluding hydrogens is 323 g/mol. The third-order valence-electron chi connectivity index (χ3n) is 4.52. The van der Waals surface area contributed by atoms with Gasteiger partial charge in [0, 0.05) is 18.9 Å². The summed E-state index contributed by atoms with van der Waals surface area (Å²) in [5.74, 6) is 1.18. The smallest absolute Gasteiger partial charge is 0.241 e. The number of hydrogen-bond acceptors (Lipinski definition) is 5. The van der Waals surface area contributed by atoms with Crippen molar-refractivity contribution in [3.63, 3.8) is 0 Å². The molecule has 6 nitrogen and oxygen atoms in total. The van der Waals surface area contributed by atoms with Gasteiger partial charge in [-0.3, -0.25) is 9.69 Å². The molecule has 1 atom stereocenters. The van der Waals surface area contributed by atoms with Gasteiger partial charge in [0.05, 0.1) is 0 Å². The number of amides is 1. The van der Waals surface area contributed by atoms with Crippen LogP contribution in [0.2, 0.25) is 0 Å². The topological polar surface area (TPSA) is 71.3 Å². The molecule has 0 radical (unpaired) electrons. The summed E-state index contributed by atoms with van der Waals surface area (Å²) in [6.45, 7) is 0.405. The fourth-order valence-corrected chi connectivity index (χ4v) is 2.94. The molecule has 1 aliphatic carbocycles. The largest absolute Gasteiger partial charge is 0.354 e. The van der Waals surface area contributed by atoms with Crippen molar-refractivity contribution in [1.82, 2.24) is 20.4 Å². The first-order chi connectivity index (χ1) is 12.0. The van der Waals surface area contributed by atoms with E-state index in [2.05, 4.69) is 15.5 Å². The predicted octanol–water partition coefficient (Wildman–Crippen LogP) is 2.44. The second kappa shape index (κ2) is 7.74. The van der Waals surface area contributed by atoms with Crippen molar-refractivity contribution in [2.45, 2.75) is 37.6 Å². The second-order valence-electron chi connectivity index (χ2n) is 6.64. The first kappa shape index (κ1) is 17.5. The molecule has 134 valence electrons. The van der Waals surface area contributed by atoms with E-state index in [9.17, 15) is 9.18 Å². The third kappa shape index (κ3) is 4.22. The molecule has 1 aromatic heterocycles. The van der Waals surface area contributed by atoms with Gasteiger partial charge in [0.2, 0.25) is 11.8 Å². The number of rotatable bonds is 7. The van der Waals surface area contributed by atoms with Gasteiger partial charge >= 0.3 is 0 Å². The van der Waals surface area contributed by atoms with Crippen LogP contribution in [0.15, 0.2) is 28.8 Å². The molecule has 25 heavy (non-hydrogen) atoms. The van der Waals surface area contributed by atoms with E-state index in [1.165, 1.54) is 18.6 Å². The SMILES string of the molecule is CN(C)[C@H](C(=O)NCCc1noc(C2CCC2)n1)c1cccc(F)c1. The third-order valence-corrected chi connectivity index (χ3v) is 4.52. The maximum absolute atomic E-state index is 13.5. The molecule has 0 unspecified atom stereocenters. The minimum atomic E-state index is -0.550. The van der Waals surface area contributed by atoms with E-state index in [1.807, 2.05) is 0 Å². The van der Waals surface area contributed by atoms with Crippen molar-refractivity contribution >= 4 is 5.91 Å². The molecule has 7 heteroatoms. The summed E-state index contributed by atoms with van der Waals surface area (Å²) in [6, 6.07) is 5.55. The van der Waals surface area contributed by atoms with Gasteiger partial charge in [-0.2, -0.15) is 4.98 Å². The summed E-state index contributed by atoms with van der Waals surface area (Å²) >= 11 is 0. The molecule has 1 amide bonds. The highest BCUT2D eigenvalue weighted by Gasteiger charge is 2.26. The Balaban J connectivity index is 1.55. The Morgan fingerprint density at radius 1 is 1.44 bits per heavy atom. The van der Waals surface area contributed by atoms with Crippen LogP contribution < -0.4 is 5.32 Å². The molecule has 2 aromatic rings. The van der Waals surface area contributed by atoms with Crippen molar-refractivity contribution in [2.24, 2.45) is 0 Å². The van der Waals surface area contributed by atoms with E-state index in [-0.39, 0.29) is 11.7 Å². The van der Waals surface area contributed by atoms with Gasteiger partial charge in [0.25, 0.3) is 0 Å². The average molecular weight is 346 g/mol. The van der Waals surface area contributed by atoms with Gasteiger partial charge in [0.1, 0.15) is 11.9 Å². The van der Waals surface area contributed by atoms with Crippen LogP contribution in [-0.4, -0.2) is 41.6 Å². The predicted molar refractivity (Wildman–Crippen MR) is 90.4 cm³/mol. The molecule has 0 saturated heterocycles. The maximum Gasteiger partial charge on any atom is 0.241 e. The zero-order chi connectivity index (χ0) is 17.8. The average Bonchev–Trinajstić information content (AvgIpc) is 2.93. The molecule has 0 aliphatic heterocycles. The van der Waals surface area contributed by atoms with Crippen molar-refractivity contribution in [3.8, 4) is 0 Å². The van der Waals surface area contributed by atoms with Gasteiger partial charge in [-0.25, -0.2) is 4.39 Å². The fraction of sp³-hybridized carbons (Fsp3) is 0.500. The monoisotopic (exact) mass is 346 g/mol. The highest BCUT2D eigenvalue weighted by atomic mass is 19.1. The first-order valence-corrected chi connectivity index (χ1v) is 8.56. The summed E-state index contributed by atoms with van der Waals surface area (Å²) in [5, 5.41) is 6.84. The molecule has 1 aromatic carbocycles. The standard InChI is InChI=1S/C18H23FN4O2/c1-23(2)16(13-7-4-8-14(19)11-13)17(24)20-10-9-15-21-18(25-22-15)12-5-3-6-12/h4,7-8,11-12,16H,3,5-6,9-10H2,1-2H3,(H,20,24)/t16-/m0/s1. The lowest BCUT2D eigenvalue weighted by molar-refractivity contribution is -0.125. The van der Waals surface area contributed by atoms with Gasteiger partial charge < -0.3 is 9.84 Å². The van der Waals surface area contributed by atoms with Crippen LogP contribution in [0.1, 0.15) is 48.5 Å².